The van der Waals surface area contributed by atoms with Crippen LogP contribution in [0.5, 0.6) is 5.75 Å². The molecule has 7 heteroatoms. The molecule has 140 valence electrons. The van der Waals surface area contributed by atoms with Crippen molar-refractivity contribution in [3.63, 3.8) is 0 Å². The van der Waals surface area contributed by atoms with Gasteiger partial charge in [-0.05, 0) is 59.6 Å². The van der Waals surface area contributed by atoms with E-state index in [2.05, 4.69) is 21.2 Å². The Morgan fingerprint density at radius 2 is 2.11 bits per heavy atom. The maximum atomic E-state index is 13.7. The summed E-state index contributed by atoms with van der Waals surface area (Å²) in [6.45, 7) is 3.63. The van der Waals surface area contributed by atoms with E-state index in [-0.39, 0.29) is 29.1 Å². The van der Waals surface area contributed by atoms with Gasteiger partial charge in [0.1, 0.15) is 24.1 Å². The molecule has 0 aliphatic carbocycles. The van der Waals surface area contributed by atoms with E-state index in [0.29, 0.717) is 21.3 Å². The summed E-state index contributed by atoms with van der Waals surface area (Å²) in [5.74, 6) is -0.471. The van der Waals surface area contributed by atoms with Crippen LogP contribution in [0.3, 0.4) is 0 Å². The number of carbonyl (C=O) groups is 1. The van der Waals surface area contributed by atoms with Gasteiger partial charge in [-0.1, -0.05) is 29.8 Å². The molecule has 0 aliphatic rings. The van der Waals surface area contributed by atoms with Crippen molar-refractivity contribution < 1.29 is 13.9 Å². The molecular formula is C20H17BrClFN2O2. The van der Waals surface area contributed by atoms with Crippen molar-refractivity contribution in [2.45, 2.75) is 26.5 Å². The quantitative estimate of drug-likeness (QED) is 0.482. The highest BCUT2D eigenvalue weighted by molar-refractivity contribution is 9.10. The minimum absolute atomic E-state index is 0.0143. The largest absolute Gasteiger partial charge is 0.486 e. The molecule has 0 spiro atoms. The van der Waals surface area contributed by atoms with Gasteiger partial charge >= 0.3 is 0 Å². The number of nitrogens with zero attached hydrogens (tertiary/aromatic N) is 1. The molecule has 0 heterocycles. The van der Waals surface area contributed by atoms with Crippen molar-refractivity contribution in [3.05, 3.63) is 68.4 Å². The fourth-order valence-corrected chi connectivity index (χ4v) is 3.21. The number of carbonyl (C=O) groups excluding carboxylic acids is 1. The topological polar surface area (TPSA) is 62.1 Å². The molecule has 4 nitrogen and oxygen atoms in total. The van der Waals surface area contributed by atoms with Crippen LogP contribution in [0.4, 0.5) is 4.39 Å². The Morgan fingerprint density at radius 1 is 1.41 bits per heavy atom. The van der Waals surface area contributed by atoms with Gasteiger partial charge in [0.2, 0.25) is 0 Å². The van der Waals surface area contributed by atoms with E-state index < -0.39 is 5.91 Å². The standard InChI is InChI=1S/C20H17BrClFN2O2/c1-12(2)25-20(26)15(10-24)7-13-8-16(21)19(17(22)9-13)27-11-14-5-3-4-6-18(14)23/h3-9,12H,11H2,1-2H3,(H,25,26)/b15-7-. The molecular weight excluding hydrogens is 435 g/mol. The number of nitriles is 1. The second kappa shape index (κ2) is 9.54. The Hall–Kier alpha value is -2.36. The van der Waals surface area contributed by atoms with E-state index in [4.69, 9.17) is 16.3 Å². The van der Waals surface area contributed by atoms with Crippen LogP contribution in [-0.4, -0.2) is 11.9 Å². The minimum Gasteiger partial charge on any atom is -0.486 e. The molecule has 0 saturated heterocycles. The summed E-state index contributed by atoms with van der Waals surface area (Å²) in [6, 6.07) is 11.3. The van der Waals surface area contributed by atoms with Gasteiger partial charge in [0.15, 0.2) is 5.75 Å². The predicted octanol–water partition coefficient (Wildman–Crippen LogP) is 5.25. The van der Waals surface area contributed by atoms with Crippen LogP contribution in [0, 0.1) is 17.1 Å². The van der Waals surface area contributed by atoms with Crippen molar-refractivity contribution in [1.29, 1.82) is 5.26 Å². The highest BCUT2D eigenvalue weighted by atomic mass is 79.9. The van der Waals surface area contributed by atoms with Crippen molar-refractivity contribution in [2.75, 3.05) is 0 Å². The fourth-order valence-electron chi connectivity index (χ4n) is 2.22. The highest BCUT2D eigenvalue weighted by Crippen LogP contribution is 2.35. The summed E-state index contributed by atoms with van der Waals surface area (Å²) in [5, 5.41) is 12.2. The third-order valence-electron chi connectivity index (χ3n) is 3.45. The zero-order valence-corrected chi connectivity index (χ0v) is 17.1. The third kappa shape index (κ3) is 5.81. The fraction of sp³-hybridized carbons (Fsp3) is 0.200. The molecule has 0 aromatic heterocycles. The van der Waals surface area contributed by atoms with Crippen molar-refractivity contribution in [3.8, 4) is 11.8 Å². The summed E-state index contributed by atoms with van der Waals surface area (Å²) in [4.78, 5) is 12.0. The first-order chi connectivity index (χ1) is 12.8. The Morgan fingerprint density at radius 3 is 2.70 bits per heavy atom. The van der Waals surface area contributed by atoms with Crippen molar-refractivity contribution >= 4 is 39.5 Å². The van der Waals surface area contributed by atoms with Crippen molar-refractivity contribution in [2.24, 2.45) is 0 Å². The average molecular weight is 452 g/mol. The number of ether oxygens (including phenoxy) is 1. The number of nitrogens with one attached hydrogen (secondary N) is 1. The van der Waals surface area contributed by atoms with Crippen LogP contribution in [0.1, 0.15) is 25.0 Å². The Kier molecular flexibility index (Phi) is 7.40. The van der Waals surface area contributed by atoms with Crippen LogP contribution in [0.25, 0.3) is 6.08 Å². The van der Waals surface area contributed by atoms with Crippen LogP contribution in [-0.2, 0) is 11.4 Å². The van der Waals surface area contributed by atoms with E-state index in [1.807, 2.05) is 19.9 Å². The minimum atomic E-state index is -0.459. The molecule has 1 N–H and O–H groups in total. The van der Waals surface area contributed by atoms with Gasteiger partial charge in [0, 0.05) is 11.6 Å². The lowest BCUT2D eigenvalue weighted by atomic mass is 10.1. The molecule has 0 radical (unpaired) electrons. The lowest BCUT2D eigenvalue weighted by Crippen LogP contribution is -2.30. The van der Waals surface area contributed by atoms with Crippen molar-refractivity contribution in [1.82, 2.24) is 5.32 Å². The maximum Gasteiger partial charge on any atom is 0.262 e. The highest BCUT2D eigenvalue weighted by Gasteiger charge is 2.13. The number of amides is 1. The van der Waals surface area contributed by atoms with Gasteiger partial charge in [-0.3, -0.25) is 4.79 Å². The summed E-state index contributed by atoms with van der Waals surface area (Å²) in [5.41, 5.74) is 0.925. The molecule has 27 heavy (non-hydrogen) atoms. The molecule has 0 aliphatic heterocycles. The molecule has 0 bridgehead atoms. The Labute approximate surface area is 170 Å². The average Bonchev–Trinajstić information content (AvgIpc) is 2.59. The van der Waals surface area contributed by atoms with Gasteiger partial charge < -0.3 is 10.1 Å². The zero-order chi connectivity index (χ0) is 20.0. The lowest BCUT2D eigenvalue weighted by Gasteiger charge is -2.12. The molecule has 2 rings (SSSR count). The van der Waals surface area contributed by atoms with Crippen LogP contribution < -0.4 is 10.1 Å². The van der Waals surface area contributed by atoms with Gasteiger partial charge in [0.25, 0.3) is 5.91 Å². The molecule has 0 atom stereocenters. The summed E-state index contributed by atoms with van der Waals surface area (Å²) in [7, 11) is 0. The Balaban J connectivity index is 2.23. The number of halogens is 3. The first-order valence-electron chi connectivity index (χ1n) is 8.09. The lowest BCUT2D eigenvalue weighted by molar-refractivity contribution is -0.117. The predicted molar refractivity (Wildman–Crippen MR) is 107 cm³/mol. The number of benzene rings is 2. The van der Waals surface area contributed by atoms with E-state index >= 15 is 0 Å². The second-order valence-electron chi connectivity index (χ2n) is 5.99. The molecule has 1 amide bonds. The number of hydrogen-bond donors (Lipinski definition) is 1. The molecule has 0 fully saturated rings. The van der Waals surface area contributed by atoms with Crippen LogP contribution >= 0.6 is 27.5 Å². The van der Waals surface area contributed by atoms with Crippen LogP contribution in [0.15, 0.2) is 46.4 Å². The molecule has 2 aromatic rings. The summed E-state index contributed by atoms with van der Waals surface area (Å²) < 4.78 is 19.9. The SMILES string of the molecule is CC(C)NC(=O)/C(C#N)=C\c1cc(Cl)c(OCc2ccccc2F)c(Br)c1. The first kappa shape index (κ1) is 20.9. The van der Waals surface area contributed by atoms with E-state index in [9.17, 15) is 14.4 Å². The maximum absolute atomic E-state index is 13.7. The summed E-state index contributed by atoms with van der Waals surface area (Å²) >= 11 is 9.63. The second-order valence-corrected chi connectivity index (χ2v) is 7.25. The summed E-state index contributed by atoms with van der Waals surface area (Å²) in [6.07, 6.45) is 1.44. The van der Waals surface area contributed by atoms with Crippen LogP contribution in [0.2, 0.25) is 5.02 Å². The van der Waals surface area contributed by atoms with Gasteiger partial charge in [-0.15, -0.1) is 0 Å². The van der Waals surface area contributed by atoms with Gasteiger partial charge in [0.05, 0.1) is 9.50 Å². The Bertz CT molecular complexity index is 899. The monoisotopic (exact) mass is 450 g/mol. The smallest absolute Gasteiger partial charge is 0.262 e. The molecule has 0 unspecified atom stereocenters. The zero-order valence-electron chi connectivity index (χ0n) is 14.7. The van der Waals surface area contributed by atoms with Gasteiger partial charge in [-0.2, -0.15) is 5.26 Å². The first-order valence-corrected chi connectivity index (χ1v) is 9.26. The molecule has 2 aromatic carbocycles. The van der Waals surface area contributed by atoms with E-state index in [0.717, 1.165) is 0 Å². The number of rotatable bonds is 6. The normalized spacial score (nSPS) is 11.2. The number of hydrogen-bond acceptors (Lipinski definition) is 3. The van der Waals surface area contributed by atoms with E-state index in [1.54, 1.807) is 30.3 Å². The van der Waals surface area contributed by atoms with E-state index in [1.165, 1.54) is 12.1 Å². The molecule has 0 saturated carbocycles. The van der Waals surface area contributed by atoms with Gasteiger partial charge in [-0.25, -0.2) is 4.39 Å². The third-order valence-corrected chi connectivity index (χ3v) is 4.32.